The maximum absolute atomic E-state index is 12.2. The molecule has 4 aromatic heterocycles. The minimum atomic E-state index is -0.531. The highest BCUT2D eigenvalue weighted by molar-refractivity contribution is 5.85. The van der Waals surface area contributed by atoms with Gasteiger partial charge in [0, 0.05) is 48.8 Å². The highest BCUT2D eigenvalue weighted by Gasteiger charge is 2.29. The van der Waals surface area contributed by atoms with Crippen molar-refractivity contribution in [1.82, 2.24) is 29.3 Å². The van der Waals surface area contributed by atoms with Crippen molar-refractivity contribution in [2.75, 3.05) is 12.4 Å². The Kier molecular flexibility index (Phi) is 7.02. The first-order valence-corrected chi connectivity index (χ1v) is 13.1. The predicted molar refractivity (Wildman–Crippen MR) is 147 cm³/mol. The Morgan fingerprint density at radius 3 is 2.69 bits per heavy atom. The van der Waals surface area contributed by atoms with Crippen LogP contribution in [0.1, 0.15) is 51.9 Å². The number of hydrogen-bond donors (Lipinski definition) is 2. The van der Waals surface area contributed by atoms with Crippen LogP contribution in [0.2, 0.25) is 0 Å². The lowest BCUT2D eigenvalue weighted by atomic mass is 9.92. The molecular formula is C28H35N7O4. The van der Waals surface area contributed by atoms with Gasteiger partial charge in [0.05, 0.1) is 31.6 Å². The average Bonchev–Trinajstić information content (AvgIpc) is 3.57. The van der Waals surface area contributed by atoms with Gasteiger partial charge >= 0.3 is 0 Å². The first kappa shape index (κ1) is 26.6. The summed E-state index contributed by atoms with van der Waals surface area (Å²) in [6, 6.07) is 5.48. The lowest BCUT2D eigenvalue weighted by molar-refractivity contribution is -0.119. The van der Waals surface area contributed by atoms with Gasteiger partial charge in [-0.15, -0.1) is 0 Å². The maximum Gasteiger partial charge on any atom is 0.211 e. The van der Waals surface area contributed by atoms with Gasteiger partial charge in [-0.2, -0.15) is 10.1 Å². The first-order valence-electron chi connectivity index (χ1n) is 13.1. The second-order valence-electron chi connectivity index (χ2n) is 11.1. The molecule has 1 aliphatic rings. The Labute approximate surface area is 227 Å². The zero-order valence-corrected chi connectivity index (χ0v) is 23.2. The van der Waals surface area contributed by atoms with Gasteiger partial charge in [0.1, 0.15) is 17.0 Å². The lowest BCUT2D eigenvalue weighted by Gasteiger charge is -2.20. The van der Waals surface area contributed by atoms with Crippen LogP contribution < -0.4 is 14.8 Å². The fraction of sp³-hybridized carbons (Fsp3) is 0.464. The SMILES string of the molecule is COc1c(Oc2ccnc(CC(=O)C3CC3)c2)cnc2nc(Nc3cc(C(C)(C)C)n(CC(C)O)n3)n(C)c12. The number of carbonyl (C=O) groups is 1. The molecule has 5 rings (SSSR count). The van der Waals surface area contributed by atoms with Gasteiger partial charge in [0.15, 0.2) is 23.0 Å². The van der Waals surface area contributed by atoms with Crippen molar-refractivity contribution < 1.29 is 19.4 Å². The molecule has 11 heteroatoms. The van der Waals surface area contributed by atoms with E-state index >= 15 is 0 Å². The Hall–Kier alpha value is -3.99. The van der Waals surface area contributed by atoms with Crippen molar-refractivity contribution in [2.24, 2.45) is 13.0 Å². The number of ether oxygens (including phenoxy) is 2. The van der Waals surface area contributed by atoms with Gasteiger partial charge in [-0.05, 0) is 25.8 Å². The number of nitrogens with one attached hydrogen (secondary N) is 1. The van der Waals surface area contributed by atoms with Gasteiger partial charge in [-0.3, -0.25) is 14.5 Å². The summed E-state index contributed by atoms with van der Waals surface area (Å²) in [6.45, 7) is 8.44. The molecule has 0 spiro atoms. The molecule has 1 aliphatic carbocycles. The van der Waals surface area contributed by atoms with Crippen molar-refractivity contribution in [3.05, 3.63) is 42.0 Å². The van der Waals surface area contributed by atoms with E-state index in [4.69, 9.17) is 9.47 Å². The number of methoxy groups -OCH3 is 1. The molecule has 0 aromatic carbocycles. The molecule has 2 N–H and O–H groups in total. The summed E-state index contributed by atoms with van der Waals surface area (Å²) in [5.74, 6) is 2.98. The molecule has 0 amide bonds. The largest absolute Gasteiger partial charge is 0.491 e. The van der Waals surface area contributed by atoms with Crippen LogP contribution in [0.15, 0.2) is 30.6 Å². The molecule has 4 aromatic rings. The molecule has 4 heterocycles. The normalized spacial score (nSPS) is 14.4. The molecule has 0 radical (unpaired) electrons. The van der Waals surface area contributed by atoms with E-state index in [1.54, 1.807) is 38.6 Å². The summed E-state index contributed by atoms with van der Waals surface area (Å²) >= 11 is 0. The maximum atomic E-state index is 12.2. The van der Waals surface area contributed by atoms with Gasteiger partial charge < -0.3 is 24.5 Å². The minimum absolute atomic E-state index is 0.163. The summed E-state index contributed by atoms with van der Waals surface area (Å²) in [5.41, 5.74) is 2.63. The number of ketones is 1. The van der Waals surface area contributed by atoms with Gasteiger partial charge in [-0.25, -0.2) is 4.98 Å². The van der Waals surface area contributed by atoms with E-state index in [9.17, 15) is 9.90 Å². The van der Waals surface area contributed by atoms with Crippen molar-refractivity contribution in [3.8, 4) is 17.2 Å². The molecule has 1 unspecified atom stereocenters. The molecular weight excluding hydrogens is 498 g/mol. The number of anilines is 2. The number of carbonyl (C=O) groups excluding carboxylic acids is 1. The first-order chi connectivity index (χ1) is 18.5. The second-order valence-corrected chi connectivity index (χ2v) is 11.1. The molecule has 39 heavy (non-hydrogen) atoms. The lowest BCUT2D eigenvalue weighted by Crippen LogP contribution is -2.22. The fourth-order valence-corrected chi connectivity index (χ4v) is 4.56. The number of pyridine rings is 2. The topological polar surface area (TPSA) is 129 Å². The fourth-order valence-electron chi connectivity index (χ4n) is 4.56. The summed E-state index contributed by atoms with van der Waals surface area (Å²) < 4.78 is 15.6. The molecule has 206 valence electrons. The summed E-state index contributed by atoms with van der Waals surface area (Å²) in [7, 11) is 3.43. The van der Waals surface area contributed by atoms with E-state index in [2.05, 4.69) is 46.1 Å². The van der Waals surface area contributed by atoms with E-state index in [1.807, 2.05) is 22.4 Å². The zero-order chi connectivity index (χ0) is 27.9. The number of fused-ring (bicyclic) bond motifs is 1. The number of aliphatic hydroxyl groups excluding tert-OH is 1. The molecule has 1 saturated carbocycles. The van der Waals surface area contributed by atoms with Crippen molar-refractivity contribution in [2.45, 2.75) is 65.0 Å². The zero-order valence-electron chi connectivity index (χ0n) is 23.2. The van der Waals surface area contributed by atoms with E-state index in [-0.39, 0.29) is 17.1 Å². The van der Waals surface area contributed by atoms with Crippen molar-refractivity contribution in [1.29, 1.82) is 0 Å². The standard InChI is InChI=1S/C28H35N7O4/c1-16(36)15-35-22(28(2,3)4)13-23(33-35)31-27-32-26-24(34(27)5)25(38-6)21(14-30-26)39-19-9-10-29-18(11-19)12-20(37)17-7-8-17/h9-11,13-14,16-17,36H,7-8,12,15H2,1-6H3,(H,30,31,32,33). The van der Waals surface area contributed by atoms with Gasteiger partial charge in [0.25, 0.3) is 0 Å². The average molecular weight is 534 g/mol. The summed E-state index contributed by atoms with van der Waals surface area (Å²) in [4.78, 5) is 25.7. The third kappa shape index (κ3) is 5.73. The van der Waals surface area contributed by atoms with Crippen LogP contribution >= 0.6 is 0 Å². The Balaban J connectivity index is 1.43. The highest BCUT2D eigenvalue weighted by atomic mass is 16.5. The monoisotopic (exact) mass is 533 g/mol. The molecule has 0 bridgehead atoms. The van der Waals surface area contributed by atoms with E-state index in [0.717, 1.165) is 18.5 Å². The van der Waals surface area contributed by atoms with E-state index < -0.39 is 6.10 Å². The van der Waals surface area contributed by atoms with Gasteiger partial charge in [-0.1, -0.05) is 20.8 Å². The number of aliphatic hydroxyl groups is 1. The third-order valence-electron chi connectivity index (χ3n) is 6.65. The predicted octanol–water partition coefficient (Wildman–Crippen LogP) is 4.30. The van der Waals surface area contributed by atoms with E-state index in [0.29, 0.717) is 58.8 Å². The van der Waals surface area contributed by atoms with Crippen molar-refractivity contribution in [3.63, 3.8) is 0 Å². The van der Waals surface area contributed by atoms with Crippen LogP contribution in [-0.2, 0) is 30.2 Å². The number of rotatable bonds is 10. The second kappa shape index (κ2) is 10.3. The molecule has 1 atom stereocenters. The summed E-state index contributed by atoms with van der Waals surface area (Å²) in [5, 5.41) is 17.9. The Bertz CT molecular complexity index is 1510. The van der Waals surface area contributed by atoms with Crippen molar-refractivity contribution >= 4 is 28.7 Å². The van der Waals surface area contributed by atoms with Crippen LogP contribution in [0.4, 0.5) is 11.8 Å². The third-order valence-corrected chi connectivity index (χ3v) is 6.65. The molecule has 0 saturated heterocycles. The smallest absolute Gasteiger partial charge is 0.211 e. The Morgan fingerprint density at radius 2 is 2.03 bits per heavy atom. The molecule has 11 nitrogen and oxygen atoms in total. The number of hydrogen-bond acceptors (Lipinski definition) is 9. The van der Waals surface area contributed by atoms with Gasteiger partial charge in [0.2, 0.25) is 5.95 Å². The number of imidazole rings is 1. The van der Waals surface area contributed by atoms with Crippen LogP contribution in [0.5, 0.6) is 17.2 Å². The highest BCUT2D eigenvalue weighted by Crippen LogP contribution is 2.38. The number of nitrogens with zero attached hydrogens (tertiary/aromatic N) is 6. The van der Waals surface area contributed by atoms with E-state index in [1.165, 1.54) is 0 Å². The quantitative estimate of drug-likeness (QED) is 0.306. The van der Waals surface area contributed by atoms with Crippen LogP contribution in [-0.4, -0.2) is 53.4 Å². The number of aromatic nitrogens is 6. The number of aryl methyl sites for hydroxylation is 1. The van der Waals surface area contributed by atoms with Crippen LogP contribution in [0, 0.1) is 5.92 Å². The minimum Gasteiger partial charge on any atom is -0.491 e. The number of Topliss-reactive ketones (excluding diaryl/α,β-unsaturated/α-hetero) is 1. The molecule has 1 fully saturated rings. The van der Waals surface area contributed by atoms with Crippen LogP contribution in [0.25, 0.3) is 11.2 Å². The van der Waals surface area contributed by atoms with Crippen LogP contribution in [0.3, 0.4) is 0 Å². The molecule has 0 aliphatic heterocycles. The summed E-state index contributed by atoms with van der Waals surface area (Å²) in [6.07, 6.45) is 4.93. The Morgan fingerprint density at radius 1 is 1.26 bits per heavy atom.